The van der Waals surface area contributed by atoms with Gasteiger partial charge in [-0.15, -0.1) is 0 Å². The Morgan fingerprint density at radius 1 is 0.438 bits per heavy atom. The predicted octanol–water partition coefficient (Wildman–Crippen LogP) is 14.0. The third-order valence-corrected chi connectivity index (χ3v) is 13.7. The summed E-state index contributed by atoms with van der Waals surface area (Å²) in [5.41, 5.74) is 0. The van der Waals surface area contributed by atoms with Gasteiger partial charge in [-0.25, -0.2) is 0 Å². The fourth-order valence-corrected chi connectivity index (χ4v) is 9.39. The summed E-state index contributed by atoms with van der Waals surface area (Å²) in [6.45, 7) is 14.9. The molecule has 0 aromatic rings. The van der Waals surface area contributed by atoms with Gasteiger partial charge in [0.25, 0.3) is 0 Å². The number of ether oxygens (including phenoxy) is 3. The van der Waals surface area contributed by atoms with Crippen LogP contribution >= 0.6 is 0 Å². The van der Waals surface area contributed by atoms with Crippen molar-refractivity contribution in [1.82, 2.24) is 9.80 Å². The molecule has 0 aromatic carbocycles. The molecule has 0 heterocycles. The van der Waals surface area contributed by atoms with Crippen LogP contribution in [0.2, 0.25) is 0 Å². The highest BCUT2D eigenvalue weighted by atomic mass is 16.5. The van der Waals surface area contributed by atoms with Crippen LogP contribution in [-0.4, -0.2) is 98.0 Å². The number of hydrogen-bond donors (Lipinski definition) is 1. The molecule has 0 radical (unpaired) electrons. The van der Waals surface area contributed by atoms with Gasteiger partial charge in [0.2, 0.25) is 0 Å². The van der Waals surface area contributed by atoms with Crippen molar-refractivity contribution in [2.24, 2.45) is 11.8 Å². The van der Waals surface area contributed by atoms with Gasteiger partial charge >= 0.3 is 17.9 Å². The number of hydrogen-bond acceptors (Lipinski definition) is 9. The Bertz CT molecular complexity index is 1020. The molecule has 0 aliphatic heterocycles. The molecule has 1 atom stereocenters. The summed E-state index contributed by atoms with van der Waals surface area (Å²) in [5.74, 6) is 0.221. The summed E-state index contributed by atoms with van der Waals surface area (Å²) in [6.07, 6.45) is 39.9. The van der Waals surface area contributed by atoms with Crippen molar-refractivity contribution in [2.75, 3.05) is 59.2 Å². The maximum Gasteiger partial charge on any atom is 0.305 e. The Balaban J connectivity index is 2.60. The zero-order valence-corrected chi connectivity index (χ0v) is 42.8. The number of aliphatic hydroxyl groups excluding tert-OH is 1. The average molecular weight is 907 g/mol. The third-order valence-electron chi connectivity index (χ3n) is 13.7. The number of rotatable bonds is 47. The minimum Gasteiger partial charge on any atom is -0.465 e. The number of nitrogens with zero attached hydrogens (tertiary/aromatic N) is 2. The summed E-state index contributed by atoms with van der Waals surface area (Å²) in [5, 5.41) is 9.96. The van der Waals surface area contributed by atoms with Crippen LogP contribution in [0.25, 0.3) is 0 Å². The molecule has 9 heteroatoms. The van der Waals surface area contributed by atoms with Crippen molar-refractivity contribution in [3.8, 4) is 0 Å². The molecular formula is C55H106N2O7. The molecule has 0 aromatic heterocycles. The Morgan fingerprint density at radius 3 is 1.33 bits per heavy atom. The minimum atomic E-state index is -0.131. The highest BCUT2D eigenvalue weighted by Gasteiger charge is 2.22. The van der Waals surface area contributed by atoms with Gasteiger partial charge in [0.05, 0.1) is 26.4 Å². The van der Waals surface area contributed by atoms with Crippen LogP contribution in [0, 0.1) is 11.8 Å². The van der Waals surface area contributed by atoms with Gasteiger partial charge < -0.3 is 19.3 Å². The fourth-order valence-electron chi connectivity index (χ4n) is 9.39. The maximum atomic E-state index is 12.8. The van der Waals surface area contributed by atoms with Gasteiger partial charge in [0.1, 0.15) is 0 Å². The lowest BCUT2D eigenvalue weighted by Crippen LogP contribution is -2.43. The van der Waals surface area contributed by atoms with E-state index in [-0.39, 0.29) is 30.4 Å². The topological polar surface area (TPSA) is 106 Å². The summed E-state index contributed by atoms with van der Waals surface area (Å²) < 4.78 is 17.4. The van der Waals surface area contributed by atoms with Gasteiger partial charge in [-0.3, -0.25) is 24.2 Å². The van der Waals surface area contributed by atoms with Crippen LogP contribution in [0.15, 0.2) is 0 Å². The quantitative estimate of drug-likeness (QED) is 0.0363. The average Bonchev–Trinajstić information content (AvgIpc) is 3.30. The first-order valence-corrected chi connectivity index (χ1v) is 27.9. The van der Waals surface area contributed by atoms with Crippen molar-refractivity contribution >= 4 is 17.9 Å². The predicted molar refractivity (Wildman–Crippen MR) is 268 cm³/mol. The second-order valence-electron chi connectivity index (χ2n) is 19.7. The lowest BCUT2D eigenvalue weighted by molar-refractivity contribution is -0.149. The van der Waals surface area contributed by atoms with Gasteiger partial charge in [-0.1, -0.05) is 175 Å². The molecule has 1 saturated carbocycles. The molecule has 1 aliphatic rings. The first-order valence-electron chi connectivity index (χ1n) is 27.9. The summed E-state index contributed by atoms with van der Waals surface area (Å²) in [6, 6.07) is 0.602. The van der Waals surface area contributed by atoms with Crippen LogP contribution in [0.1, 0.15) is 259 Å². The van der Waals surface area contributed by atoms with E-state index in [9.17, 15) is 19.5 Å². The zero-order valence-electron chi connectivity index (χ0n) is 42.8. The molecule has 0 bridgehead atoms. The van der Waals surface area contributed by atoms with E-state index < -0.39 is 0 Å². The van der Waals surface area contributed by atoms with Crippen molar-refractivity contribution in [3.05, 3.63) is 0 Å². The largest absolute Gasteiger partial charge is 0.465 e. The second-order valence-corrected chi connectivity index (χ2v) is 19.7. The molecule has 1 aliphatic carbocycles. The Kier molecular flexibility index (Phi) is 42.5. The van der Waals surface area contributed by atoms with E-state index in [2.05, 4.69) is 37.5 Å². The minimum absolute atomic E-state index is 0.0188. The van der Waals surface area contributed by atoms with Gasteiger partial charge in [-0.2, -0.15) is 0 Å². The summed E-state index contributed by atoms with van der Waals surface area (Å²) in [7, 11) is 0. The molecule has 1 N–H and O–H groups in total. The molecule has 0 saturated heterocycles. The molecule has 378 valence electrons. The van der Waals surface area contributed by atoms with E-state index in [0.29, 0.717) is 57.6 Å². The van der Waals surface area contributed by atoms with E-state index in [4.69, 9.17) is 14.2 Å². The van der Waals surface area contributed by atoms with E-state index in [0.717, 1.165) is 103 Å². The molecule has 1 unspecified atom stereocenters. The lowest BCUT2D eigenvalue weighted by Gasteiger charge is -2.36. The molecule has 0 spiro atoms. The van der Waals surface area contributed by atoms with Crippen LogP contribution in [0.3, 0.4) is 0 Å². The number of carbonyl (C=O) groups is 3. The second kappa shape index (κ2) is 45.1. The summed E-state index contributed by atoms with van der Waals surface area (Å²) >= 11 is 0. The van der Waals surface area contributed by atoms with Crippen LogP contribution in [-0.2, 0) is 28.6 Å². The highest BCUT2D eigenvalue weighted by molar-refractivity contribution is 5.70. The van der Waals surface area contributed by atoms with Crippen LogP contribution in [0.4, 0.5) is 0 Å². The third kappa shape index (κ3) is 36.4. The normalized spacial score (nSPS) is 13.9. The standard InChI is InChI=1S/C55H106N2O7/c1-5-9-13-17-20-24-34-50(33-23-16-12-8-4)47-62-53(59)40-29-22-31-41-56(45-46-58)43-44-57(52-36-25-21-26-37-52)42-32-30-35-51(48-63-54(60)38-27-18-14-10-6-2)49-64-55(61)39-28-19-15-11-7-3/h50-52,58H,5-49H2,1-4H3. The lowest BCUT2D eigenvalue weighted by atomic mass is 9.93. The monoisotopic (exact) mass is 907 g/mol. The number of aliphatic hydroxyl groups is 1. The Morgan fingerprint density at radius 2 is 0.828 bits per heavy atom. The van der Waals surface area contributed by atoms with Gasteiger partial charge in [0, 0.05) is 50.9 Å². The Labute approximate surface area is 396 Å². The smallest absolute Gasteiger partial charge is 0.305 e. The zero-order chi connectivity index (χ0) is 46.6. The molecule has 1 fully saturated rings. The molecule has 64 heavy (non-hydrogen) atoms. The van der Waals surface area contributed by atoms with Gasteiger partial charge in [-0.05, 0) is 83.2 Å². The highest BCUT2D eigenvalue weighted by Crippen LogP contribution is 2.24. The van der Waals surface area contributed by atoms with E-state index in [1.165, 1.54) is 135 Å². The maximum absolute atomic E-state index is 12.8. The van der Waals surface area contributed by atoms with E-state index >= 15 is 0 Å². The first-order chi connectivity index (χ1) is 31.4. The molecule has 9 nitrogen and oxygen atoms in total. The number of unbranched alkanes of at least 4 members (excludes halogenated alkanes) is 19. The molecular weight excluding hydrogens is 801 g/mol. The fraction of sp³-hybridized carbons (Fsp3) is 0.945. The molecule has 0 amide bonds. The Hall–Kier alpha value is -1.71. The van der Waals surface area contributed by atoms with Crippen molar-refractivity contribution in [1.29, 1.82) is 0 Å². The van der Waals surface area contributed by atoms with Crippen LogP contribution in [0.5, 0.6) is 0 Å². The number of carbonyl (C=O) groups excluding carboxylic acids is 3. The van der Waals surface area contributed by atoms with E-state index in [1.54, 1.807) is 0 Å². The van der Waals surface area contributed by atoms with Crippen molar-refractivity contribution < 1.29 is 33.7 Å². The first kappa shape index (κ1) is 60.3. The van der Waals surface area contributed by atoms with Crippen molar-refractivity contribution in [3.63, 3.8) is 0 Å². The number of esters is 3. The van der Waals surface area contributed by atoms with Gasteiger partial charge in [0.15, 0.2) is 0 Å². The van der Waals surface area contributed by atoms with Crippen molar-refractivity contribution in [2.45, 2.75) is 265 Å². The SMILES string of the molecule is CCCCCCCCC(CCCCCC)COC(=O)CCCCCN(CCO)CCN(CCCCC(COC(=O)CCCCCCC)COC(=O)CCCCCCC)C1CCCCC1. The summed E-state index contributed by atoms with van der Waals surface area (Å²) in [4.78, 5) is 43.1. The van der Waals surface area contributed by atoms with Crippen LogP contribution < -0.4 is 0 Å². The van der Waals surface area contributed by atoms with E-state index in [1.807, 2.05) is 0 Å². The molecule has 1 rings (SSSR count).